The van der Waals surface area contributed by atoms with Gasteiger partial charge in [-0.2, -0.15) is 5.26 Å². The standard InChI is InChI=1S/C16H14N4O2S/c1-22-9-20-7-11(10-4-2-3-5-14(10)20)15(21)16-19-13(8-23-16)12(18)6-17/h2-5,7-8,12H,9,18H2,1H3. The lowest BCUT2D eigenvalue weighted by molar-refractivity contribution is 0.103. The highest BCUT2D eigenvalue weighted by Crippen LogP contribution is 2.25. The zero-order valence-electron chi connectivity index (χ0n) is 12.4. The summed E-state index contributed by atoms with van der Waals surface area (Å²) < 4.78 is 7.04. The lowest BCUT2D eigenvalue weighted by Gasteiger charge is -2.01. The van der Waals surface area contributed by atoms with Gasteiger partial charge in [-0.05, 0) is 6.07 Å². The second-order valence-electron chi connectivity index (χ2n) is 4.96. The monoisotopic (exact) mass is 326 g/mol. The first-order valence-electron chi connectivity index (χ1n) is 6.88. The van der Waals surface area contributed by atoms with Crippen molar-refractivity contribution in [1.82, 2.24) is 9.55 Å². The Morgan fingerprint density at radius 2 is 2.30 bits per heavy atom. The summed E-state index contributed by atoms with van der Waals surface area (Å²) in [4.78, 5) is 17.0. The fourth-order valence-electron chi connectivity index (χ4n) is 2.39. The SMILES string of the molecule is COCn1cc(C(=O)c2nc(C(N)C#N)cs2)c2ccccc21. The minimum atomic E-state index is -0.817. The largest absolute Gasteiger partial charge is 0.364 e. The van der Waals surface area contributed by atoms with Gasteiger partial charge in [0.1, 0.15) is 12.8 Å². The molecule has 116 valence electrons. The van der Waals surface area contributed by atoms with Crippen LogP contribution in [-0.2, 0) is 11.5 Å². The molecule has 0 aliphatic heterocycles. The number of hydrogen-bond acceptors (Lipinski definition) is 6. The molecule has 1 atom stereocenters. The number of nitrogens with zero attached hydrogens (tertiary/aromatic N) is 3. The number of carbonyl (C=O) groups is 1. The molecule has 0 aliphatic carbocycles. The van der Waals surface area contributed by atoms with Crippen molar-refractivity contribution in [1.29, 1.82) is 5.26 Å². The highest BCUT2D eigenvalue weighted by molar-refractivity contribution is 7.12. The number of hydrogen-bond donors (Lipinski definition) is 1. The molecule has 0 aliphatic rings. The van der Waals surface area contributed by atoms with Crippen LogP contribution in [0.4, 0.5) is 0 Å². The Bertz CT molecular complexity index is 906. The van der Waals surface area contributed by atoms with Crippen molar-refractivity contribution < 1.29 is 9.53 Å². The number of nitrogens with two attached hydrogens (primary N) is 1. The molecule has 0 saturated heterocycles. The number of fused-ring (bicyclic) bond motifs is 1. The molecule has 3 aromatic rings. The molecule has 7 heteroatoms. The van der Waals surface area contributed by atoms with Gasteiger partial charge in [0.25, 0.3) is 0 Å². The molecule has 2 aromatic heterocycles. The lowest BCUT2D eigenvalue weighted by Crippen LogP contribution is -2.08. The van der Waals surface area contributed by atoms with Gasteiger partial charge in [0.2, 0.25) is 5.78 Å². The van der Waals surface area contributed by atoms with E-state index in [1.54, 1.807) is 18.7 Å². The number of para-hydroxylation sites is 1. The summed E-state index contributed by atoms with van der Waals surface area (Å²) in [5.41, 5.74) is 7.53. The van der Waals surface area contributed by atoms with E-state index in [9.17, 15) is 4.79 Å². The van der Waals surface area contributed by atoms with E-state index < -0.39 is 6.04 Å². The van der Waals surface area contributed by atoms with Gasteiger partial charge in [0, 0.05) is 24.1 Å². The van der Waals surface area contributed by atoms with E-state index in [-0.39, 0.29) is 5.78 Å². The molecule has 0 bridgehead atoms. The van der Waals surface area contributed by atoms with Gasteiger partial charge in [-0.1, -0.05) is 18.2 Å². The number of methoxy groups -OCH3 is 1. The lowest BCUT2D eigenvalue weighted by atomic mass is 10.1. The Kier molecular flexibility index (Phi) is 4.21. The van der Waals surface area contributed by atoms with E-state index in [0.29, 0.717) is 23.0 Å². The first kappa shape index (κ1) is 15.4. The van der Waals surface area contributed by atoms with Crippen molar-refractivity contribution in [2.24, 2.45) is 5.73 Å². The molecule has 0 amide bonds. The molecule has 1 aromatic carbocycles. The number of ketones is 1. The summed E-state index contributed by atoms with van der Waals surface area (Å²) in [6.07, 6.45) is 1.77. The van der Waals surface area contributed by atoms with Crippen LogP contribution in [-0.4, -0.2) is 22.4 Å². The van der Waals surface area contributed by atoms with Crippen molar-refractivity contribution in [3.05, 3.63) is 52.1 Å². The van der Waals surface area contributed by atoms with Crippen LogP contribution in [0, 0.1) is 11.3 Å². The highest BCUT2D eigenvalue weighted by Gasteiger charge is 2.20. The fraction of sp³-hybridized carbons (Fsp3) is 0.188. The molecule has 0 fully saturated rings. The van der Waals surface area contributed by atoms with Gasteiger partial charge in [-0.25, -0.2) is 4.98 Å². The van der Waals surface area contributed by atoms with Gasteiger partial charge in [0.15, 0.2) is 5.01 Å². The maximum atomic E-state index is 12.8. The van der Waals surface area contributed by atoms with E-state index in [0.717, 1.165) is 10.9 Å². The van der Waals surface area contributed by atoms with Crippen LogP contribution in [0.1, 0.15) is 27.1 Å². The topological polar surface area (TPSA) is 93.9 Å². The zero-order valence-corrected chi connectivity index (χ0v) is 13.2. The predicted molar refractivity (Wildman–Crippen MR) is 87.0 cm³/mol. The number of aromatic nitrogens is 2. The maximum absolute atomic E-state index is 12.8. The van der Waals surface area contributed by atoms with E-state index in [2.05, 4.69) is 4.98 Å². The summed E-state index contributed by atoms with van der Waals surface area (Å²) in [7, 11) is 1.60. The summed E-state index contributed by atoms with van der Waals surface area (Å²) in [6, 6.07) is 8.72. The van der Waals surface area contributed by atoms with E-state index in [4.69, 9.17) is 15.7 Å². The van der Waals surface area contributed by atoms with Crippen molar-refractivity contribution in [3.63, 3.8) is 0 Å². The predicted octanol–water partition coefficient (Wildman–Crippen LogP) is 2.46. The quantitative estimate of drug-likeness (QED) is 0.727. The Hall–Kier alpha value is -2.53. The maximum Gasteiger partial charge on any atom is 0.223 e. The molecular formula is C16H14N4O2S. The molecule has 3 rings (SSSR count). The summed E-state index contributed by atoms with van der Waals surface area (Å²) in [6.45, 7) is 0.357. The third kappa shape index (κ3) is 2.75. The second-order valence-corrected chi connectivity index (χ2v) is 5.82. The minimum absolute atomic E-state index is 0.183. The Balaban J connectivity index is 2.04. The van der Waals surface area contributed by atoms with Gasteiger partial charge >= 0.3 is 0 Å². The zero-order chi connectivity index (χ0) is 16.4. The van der Waals surface area contributed by atoms with Crippen LogP contribution >= 0.6 is 11.3 Å². The summed E-state index contributed by atoms with van der Waals surface area (Å²) in [5, 5.41) is 11.7. The average molecular weight is 326 g/mol. The molecule has 23 heavy (non-hydrogen) atoms. The Morgan fingerprint density at radius 1 is 1.52 bits per heavy atom. The Labute approximate surface area is 136 Å². The van der Waals surface area contributed by atoms with Crippen LogP contribution in [0.25, 0.3) is 10.9 Å². The molecule has 2 N–H and O–H groups in total. The van der Waals surface area contributed by atoms with Crippen LogP contribution < -0.4 is 5.73 Å². The van der Waals surface area contributed by atoms with Crippen LogP contribution in [0.2, 0.25) is 0 Å². The molecule has 6 nitrogen and oxygen atoms in total. The van der Waals surface area contributed by atoms with Crippen LogP contribution in [0.15, 0.2) is 35.8 Å². The van der Waals surface area contributed by atoms with Crippen LogP contribution in [0.5, 0.6) is 0 Å². The van der Waals surface area contributed by atoms with Crippen molar-refractivity contribution in [3.8, 4) is 6.07 Å². The van der Waals surface area contributed by atoms with Crippen molar-refractivity contribution >= 4 is 28.0 Å². The van der Waals surface area contributed by atoms with Crippen LogP contribution in [0.3, 0.4) is 0 Å². The number of thiazole rings is 1. The summed E-state index contributed by atoms with van der Waals surface area (Å²) in [5.74, 6) is -0.183. The minimum Gasteiger partial charge on any atom is -0.364 e. The smallest absolute Gasteiger partial charge is 0.223 e. The molecule has 1 unspecified atom stereocenters. The fourth-order valence-corrected chi connectivity index (χ4v) is 3.20. The highest BCUT2D eigenvalue weighted by atomic mass is 32.1. The third-order valence-electron chi connectivity index (χ3n) is 3.48. The van der Waals surface area contributed by atoms with E-state index in [1.807, 2.05) is 34.9 Å². The number of carbonyl (C=O) groups excluding carboxylic acids is 1. The number of benzene rings is 1. The second kappa shape index (κ2) is 6.30. The molecule has 0 radical (unpaired) electrons. The van der Waals surface area contributed by atoms with Gasteiger partial charge in [-0.3, -0.25) is 4.79 Å². The number of ether oxygens (including phenoxy) is 1. The average Bonchev–Trinajstić information content (AvgIpc) is 3.20. The first-order chi connectivity index (χ1) is 11.2. The third-order valence-corrected chi connectivity index (χ3v) is 4.33. The Morgan fingerprint density at radius 3 is 3.04 bits per heavy atom. The normalized spacial score (nSPS) is 12.2. The first-order valence-corrected chi connectivity index (χ1v) is 7.75. The number of nitriles is 1. The van der Waals surface area contributed by atoms with Crippen molar-refractivity contribution in [2.75, 3.05) is 7.11 Å². The van der Waals surface area contributed by atoms with E-state index >= 15 is 0 Å². The molecule has 0 spiro atoms. The van der Waals surface area contributed by atoms with Crippen molar-refractivity contribution in [2.45, 2.75) is 12.8 Å². The molecule has 2 heterocycles. The van der Waals surface area contributed by atoms with Gasteiger partial charge < -0.3 is 15.0 Å². The van der Waals surface area contributed by atoms with Gasteiger partial charge in [0.05, 0.1) is 22.8 Å². The van der Waals surface area contributed by atoms with E-state index in [1.165, 1.54) is 11.3 Å². The molecule has 0 saturated carbocycles. The summed E-state index contributed by atoms with van der Waals surface area (Å²) >= 11 is 1.20. The van der Waals surface area contributed by atoms with Gasteiger partial charge in [-0.15, -0.1) is 11.3 Å². The molecular weight excluding hydrogens is 312 g/mol. The number of rotatable bonds is 5.